The zero-order chi connectivity index (χ0) is 17.8. The van der Waals surface area contributed by atoms with E-state index >= 15 is 0 Å². The molecule has 0 radical (unpaired) electrons. The molecule has 1 N–H and O–H groups in total. The van der Waals surface area contributed by atoms with Crippen LogP contribution in [0.3, 0.4) is 0 Å². The van der Waals surface area contributed by atoms with Gasteiger partial charge in [-0.2, -0.15) is 0 Å². The Kier molecular flexibility index (Phi) is 5.42. The van der Waals surface area contributed by atoms with Crippen LogP contribution in [-0.2, 0) is 0 Å². The van der Waals surface area contributed by atoms with Gasteiger partial charge in [-0.15, -0.1) is 0 Å². The highest BCUT2D eigenvalue weighted by Gasteiger charge is 2.18. The molecule has 1 amide bonds. The molecular weight excluding hydrogens is 353 g/mol. The molecule has 0 aliphatic carbocycles. The van der Waals surface area contributed by atoms with Crippen molar-refractivity contribution in [1.29, 1.82) is 0 Å². The lowest BCUT2D eigenvalue weighted by Gasteiger charge is -2.21. The summed E-state index contributed by atoms with van der Waals surface area (Å²) in [5, 5.41) is 4.43. The second kappa shape index (κ2) is 7.73. The van der Waals surface area contributed by atoms with Crippen molar-refractivity contribution in [3.63, 3.8) is 0 Å². The van der Waals surface area contributed by atoms with Crippen LogP contribution in [0.15, 0.2) is 72.8 Å². The van der Waals surface area contributed by atoms with Crippen LogP contribution in [0.4, 0.5) is 0 Å². The summed E-state index contributed by atoms with van der Waals surface area (Å²) < 4.78 is 0. The molecule has 4 heteroatoms. The topological polar surface area (TPSA) is 29.1 Å². The highest BCUT2D eigenvalue weighted by Crippen LogP contribution is 2.25. The first kappa shape index (κ1) is 17.5. The second-order valence-electron chi connectivity index (χ2n) is 5.82. The maximum absolute atomic E-state index is 12.8. The SMILES string of the molecule is Cc1ccccc1C(=O)NC(c1ccc(Cl)cc1)c1ccc(Cl)cc1. The molecule has 0 spiro atoms. The lowest BCUT2D eigenvalue weighted by molar-refractivity contribution is 0.0942. The van der Waals surface area contributed by atoms with Crippen molar-refractivity contribution in [3.8, 4) is 0 Å². The predicted octanol–water partition coefficient (Wildman–Crippen LogP) is 5.82. The number of amides is 1. The maximum atomic E-state index is 12.8. The first-order chi connectivity index (χ1) is 12.0. The molecule has 0 bridgehead atoms. The molecule has 0 aliphatic heterocycles. The van der Waals surface area contributed by atoms with E-state index in [1.807, 2.05) is 79.7 Å². The van der Waals surface area contributed by atoms with Crippen molar-refractivity contribution >= 4 is 29.1 Å². The van der Waals surface area contributed by atoms with Gasteiger partial charge in [-0.05, 0) is 53.9 Å². The number of halogens is 2. The van der Waals surface area contributed by atoms with Crippen LogP contribution < -0.4 is 5.32 Å². The van der Waals surface area contributed by atoms with Gasteiger partial charge in [0.15, 0.2) is 0 Å². The highest BCUT2D eigenvalue weighted by molar-refractivity contribution is 6.30. The number of benzene rings is 3. The molecule has 3 aromatic rings. The average Bonchev–Trinajstić information content (AvgIpc) is 2.62. The lowest BCUT2D eigenvalue weighted by Crippen LogP contribution is -2.29. The zero-order valence-corrected chi connectivity index (χ0v) is 15.2. The molecule has 0 aromatic heterocycles. The van der Waals surface area contributed by atoms with Gasteiger partial charge in [-0.1, -0.05) is 65.7 Å². The van der Waals surface area contributed by atoms with E-state index in [1.165, 1.54) is 0 Å². The van der Waals surface area contributed by atoms with E-state index in [2.05, 4.69) is 5.32 Å². The summed E-state index contributed by atoms with van der Waals surface area (Å²) in [5.41, 5.74) is 3.50. The first-order valence-corrected chi connectivity index (χ1v) is 8.67. The van der Waals surface area contributed by atoms with E-state index in [4.69, 9.17) is 23.2 Å². The van der Waals surface area contributed by atoms with Crippen LogP contribution in [0.1, 0.15) is 33.1 Å². The molecular formula is C21H17Cl2NO. The summed E-state index contributed by atoms with van der Waals surface area (Å²) in [4.78, 5) is 12.8. The number of nitrogens with one attached hydrogen (secondary N) is 1. The van der Waals surface area contributed by atoms with Gasteiger partial charge < -0.3 is 5.32 Å². The minimum Gasteiger partial charge on any atom is -0.341 e. The monoisotopic (exact) mass is 369 g/mol. The summed E-state index contributed by atoms with van der Waals surface area (Å²) >= 11 is 12.0. The number of carbonyl (C=O) groups is 1. The Morgan fingerprint density at radius 2 is 1.28 bits per heavy atom. The van der Waals surface area contributed by atoms with Crippen LogP contribution in [0.25, 0.3) is 0 Å². The van der Waals surface area contributed by atoms with E-state index < -0.39 is 0 Å². The molecule has 0 fully saturated rings. The quantitative estimate of drug-likeness (QED) is 0.616. The van der Waals surface area contributed by atoms with Crippen LogP contribution in [-0.4, -0.2) is 5.91 Å². The summed E-state index contributed by atoms with van der Waals surface area (Å²) in [6.45, 7) is 1.93. The number of rotatable bonds is 4. The summed E-state index contributed by atoms with van der Waals surface area (Å²) in [7, 11) is 0. The van der Waals surface area contributed by atoms with E-state index in [1.54, 1.807) is 0 Å². The fourth-order valence-corrected chi connectivity index (χ4v) is 2.96. The summed E-state index contributed by atoms with van der Waals surface area (Å²) in [6, 6.07) is 22.2. The van der Waals surface area contributed by atoms with Gasteiger partial charge in [0.25, 0.3) is 5.91 Å². The molecule has 2 nitrogen and oxygen atoms in total. The third-order valence-electron chi connectivity index (χ3n) is 4.07. The molecule has 0 atom stereocenters. The Bertz CT molecular complexity index is 828. The number of carbonyl (C=O) groups excluding carboxylic acids is 1. The molecule has 0 unspecified atom stereocenters. The van der Waals surface area contributed by atoms with Crippen LogP contribution in [0, 0.1) is 6.92 Å². The molecule has 3 aromatic carbocycles. The van der Waals surface area contributed by atoms with Gasteiger partial charge >= 0.3 is 0 Å². The Balaban J connectivity index is 1.96. The number of hydrogen-bond donors (Lipinski definition) is 1. The fraction of sp³-hybridized carbons (Fsp3) is 0.0952. The molecule has 126 valence electrons. The van der Waals surface area contributed by atoms with Gasteiger partial charge in [-0.25, -0.2) is 0 Å². The Morgan fingerprint density at radius 1 is 0.800 bits per heavy atom. The summed E-state index contributed by atoms with van der Waals surface area (Å²) in [6.07, 6.45) is 0. The minimum absolute atomic E-state index is 0.118. The Labute approximate surface area is 157 Å². The number of aryl methyl sites for hydroxylation is 1. The van der Waals surface area contributed by atoms with Gasteiger partial charge in [0, 0.05) is 15.6 Å². The second-order valence-corrected chi connectivity index (χ2v) is 6.70. The Morgan fingerprint density at radius 3 is 1.76 bits per heavy atom. The van der Waals surface area contributed by atoms with Crippen molar-refractivity contribution in [2.45, 2.75) is 13.0 Å². The minimum atomic E-state index is -0.290. The summed E-state index contributed by atoms with van der Waals surface area (Å²) in [5.74, 6) is -0.118. The lowest BCUT2D eigenvalue weighted by atomic mass is 9.98. The van der Waals surface area contributed by atoms with Crippen LogP contribution >= 0.6 is 23.2 Å². The highest BCUT2D eigenvalue weighted by atomic mass is 35.5. The van der Waals surface area contributed by atoms with E-state index in [9.17, 15) is 4.79 Å². The standard InChI is InChI=1S/C21H17Cl2NO/c1-14-4-2-3-5-19(14)21(25)24-20(15-6-10-17(22)11-7-15)16-8-12-18(23)13-9-16/h2-13,20H,1H3,(H,24,25). The van der Waals surface area contributed by atoms with Crippen LogP contribution in [0.2, 0.25) is 10.0 Å². The van der Waals surface area contributed by atoms with Gasteiger partial charge in [-0.3, -0.25) is 4.79 Å². The Hall–Kier alpha value is -2.29. The van der Waals surface area contributed by atoms with Crippen molar-refractivity contribution in [1.82, 2.24) is 5.32 Å². The third kappa shape index (κ3) is 4.22. The molecule has 0 saturated carbocycles. The first-order valence-electron chi connectivity index (χ1n) is 7.92. The average molecular weight is 370 g/mol. The smallest absolute Gasteiger partial charge is 0.252 e. The van der Waals surface area contributed by atoms with E-state index in [0.29, 0.717) is 15.6 Å². The molecule has 0 heterocycles. The molecule has 0 aliphatic rings. The van der Waals surface area contributed by atoms with Gasteiger partial charge in [0.2, 0.25) is 0 Å². The zero-order valence-electron chi connectivity index (χ0n) is 13.7. The molecule has 3 rings (SSSR count). The molecule has 0 saturated heterocycles. The molecule has 25 heavy (non-hydrogen) atoms. The van der Waals surface area contributed by atoms with E-state index in [0.717, 1.165) is 16.7 Å². The van der Waals surface area contributed by atoms with Crippen LogP contribution in [0.5, 0.6) is 0 Å². The predicted molar refractivity (Wildman–Crippen MR) is 103 cm³/mol. The normalized spacial score (nSPS) is 10.7. The van der Waals surface area contributed by atoms with E-state index in [-0.39, 0.29) is 11.9 Å². The van der Waals surface area contributed by atoms with Crippen molar-refractivity contribution in [2.24, 2.45) is 0 Å². The van der Waals surface area contributed by atoms with Gasteiger partial charge in [0.05, 0.1) is 6.04 Å². The van der Waals surface area contributed by atoms with Gasteiger partial charge in [0.1, 0.15) is 0 Å². The van der Waals surface area contributed by atoms with Crippen molar-refractivity contribution in [3.05, 3.63) is 105 Å². The van der Waals surface area contributed by atoms with Crippen molar-refractivity contribution in [2.75, 3.05) is 0 Å². The number of hydrogen-bond acceptors (Lipinski definition) is 1. The van der Waals surface area contributed by atoms with Crippen molar-refractivity contribution < 1.29 is 4.79 Å². The third-order valence-corrected chi connectivity index (χ3v) is 4.58. The largest absolute Gasteiger partial charge is 0.341 e. The maximum Gasteiger partial charge on any atom is 0.252 e. The fourth-order valence-electron chi connectivity index (χ4n) is 2.71.